The van der Waals surface area contributed by atoms with E-state index in [1.54, 1.807) is 18.2 Å². The van der Waals surface area contributed by atoms with Crippen molar-refractivity contribution < 1.29 is 9.72 Å². The van der Waals surface area contributed by atoms with Gasteiger partial charge in [0.05, 0.1) is 4.92 Å². The summed E-state index contributed by atoms with van der Waals surface area (Å²) in [4.78, 5) is 19.4. The second-order valence-corrected chi connectivity index (χ2v) is 2.81. The fraction of sp³-hybridized carbons (Fsp3) is 0.300. The number of nitro groups is 1. The largest absolute Gasteiger partial charge is 0.370 e. The highest BCUT2D eigenvalue weighted by Gasteiger charge is 1.98. The Morgan fingerprint density at radius 1 is 1.40 bits per heavy atom. The Morgan fingerprint density at radius 3 is 2.13 bits per heavy atom. The van der Waals surface area contributed by atoms with Gasteiger partial charge in [-0.05, 0) is 6.42 Å². The third-order valence-electron chi connectivity index (χ3n) is 1.46. The lowest BCUT2D eigenvalue weighted by molar-refractivity contribution is -0.384. The summed E-state index contributed by atoms with van der Waals surface area (Å²) in [6.07, 6.45) is 1.37. The maximum Gasteiger partial charge on any atom is 0.269 e. The molecule has 0 heterocycles. The summed E-state index contributed by atoms with van der Waals surface area (Å²) in [5.41, 5.74) is 4.90. The predicted octanol–water partition coefficient (Wildman–Crippen LogP) is 1.87. The van der Waals surface area contributed by atoms with Gasteiger partial charge in [0.2, 0.25) is 5.91 Å². The number of carbonyl (C=O) groups is 1. The second kappa shape index (κ2) is 7.49. The summed E-state index contributed by atoms with van der Waals surface area (Å²) in [7, 11) is 0. The van der Waals surface area contributed by atoms with E-state index in [1.807, 2.05) is 6.92 Å². The quantitative estimate of drug-likeness (QED) is 0.610. The zero-order valence-corrected chi connectivity index (χ0v) is 8.55. The summed E-state index contributed by atoms with van der Waals surface area (Å²) in [6.45, 7) is 1.92. The third kappa shape index (κ3) is 7.18. The van der Waals surface area contributed by atoms with Gasteiger partial charge in [-0.15, -0.1) is 0 Å². The highest BCUT2D eigenvalue weighted by molar-refractivity contribution is 5.73. The normalized spacial score (nSPS) is 8.60. The Bertz CT molecular complexity index is 312. The molecule has 0 radical (unpaired) electrons. The molecule has 1 aromatic carbocycles. The van der Waals surface area contributed by atoms with Crippen LogP contribution in [-0.2, 0) is 4.79 Å². The van der Waals surface area contributed by atoms with E-state index < -0.39 is 4.92 Å². The number of non-ortho nitro benzene ring substituents is 1. The highest BCUT2D eigenvalue weighted by atomic mass is 16.6. The van der Waals surface area contributed by atoms with Gasteiger partial charge in [0, 0.05) is 18.6 Å². The van der Waals surface area contributed by atoms with Crippen LogP contribution >= 0.6 is 0 Å². The van der Waals surface area contributed by atoms with Crippen molar-refractivity contribution in [3.05, 3.63) is 40.4 Å². The van der Waals surface area contributed by atoms with Crippen LogP contribution in [0.25, 0.3) is 0 Å². The first kappa shape index (κ1) is 13.1. The molecule has 0 saturated heterocycles. The monoisotopic (exact) mass is 210 g/mol. The molecule has 0 aliphatic rings. The molecule has 1 amide bonds. The first-order chi connectivity index (χ1) is 7.07. The molecule has 2 N–H and O–H groups in total. The molecule has 0 unspecified atom stereocenters. The van der Waals surface area contributed by atoms with Crippen molar-refractivity contribution in [2.75, 3.05) is 0 Å². The average Bonchev–Trinajstić information content (AvgIpc) is 2.20. The number of nitro benzene ring substituents is 1. The van der Waals surface area contributed by atoms with Crippen LogP contribution in [0.5, 0.6) is 0 Å². The van der Waals surface area contributed by atoms with Crippen LogP contribution in [0.2, 0.25) is 0 Å². The van der Waals surface area contributed by atoms with E-state index in [0.29, 0.717) is 6.42 Å². The van der Waals surface area contributed by atoms with Crippen molar-refractivity contribution >= 4 is 11.6 Å². The molecule has 82 valence electrons. The van der Waals surface area contributed by atoms with Crippen LogP contribution in [0.4, 0.5) is 5.69 Å². The van der Waals surface area contributed by atoms with Crippen LogP contribution in [-0.4, -0.2) is 10.8 Å². The van der Waals surface area contributed by atoms with Crippen molar-refractivity contribution in [2.24, 2.45) is 5.73 Å². The van der Waals surface area contributed by atoms with E-state index in [0.717, 1.165) is 6.42 Å². The maximum atomic E-state index is 10.0. The number of benzene rings is 1. The second-order valence-electron chi connectivity index (χ2n) is 2.81. The van der Waals surface area contributed by atoms with E-state index in [4.69, 9.17) is 5.73 Å². The number of primary amides is 1. The molecule has 0 aromatic heterocycles. The molecule has 15 heavy (non-hydrogen) atoms. The van der Waals surface area contributed by atoms with E-state index in [2.05, 4.69) is 0 Å². The Kier molecular flexibility index (Phi) is 6.54. The Balaban J connectivity index is 0.000000288. The van der Waals surface area contributed by atoms with Crippen molar-refractivity contribution in [3.8, 4) is 0 Å². The zero-order valence-electron chi connectivity index (χ0n) is 8.55. The molecule has 0 bridgehead atoms. The van der Waals surface area contributed by atoms with Gasteiger partial charge < -0.3 is 5.73 Å². The van der Waals surface area contributed by atoms with Gasteiger partial charge in [0.15, 0.2) is 0 Å². The van der Waals surface area contributed by atoms with Crippen molar-refractivity contribution in [1.82, 2.24) is 0 Å². The number of amides is 1. The lowest BCUT2D eigenvalue weighted by Crippen LogP contribution is -2.08. The van der Waals surface area contributed by atoms with Crippen molar-refractivity contribution in [1.29, 1.82) is 0 Å². The van der Waals surface area contributed by atoms with E-state index in [9.17, 15) is 14.9 Å². The fourth-order valence-corrected chi connectivity index (χ4v) is 0.796. The standard InChI is InChI=1S/C6H5NO2.C4H9NO/c8-7(9)6-4-2-1-3-5-6;1-2-3-4(5)6/h1-5H;2-3H2,1H3,(H2,5,6). The molecule has 0 aliphatic heterocycles. The Morgan fingerprint density at radius 2 is 1.93 bits per heavy atom. The van der Waals surface area contributed by atoms with Crippen LogP contribution in [0.3, 0.4) is 0 Å². The van der Waals surface area contributed by atoms with E-state index in [-0.39, 0.29) is 11.6 Å². The highest BCUT2D eigenvalue weighted by Crippen LogP contribution is 2.06. The number of hydrogen-bond acceptors (Lipinski definition) is 3. The molecule has 5 nitrogen and oxygen atoms in total. The fourth-order valence-electron chi connectivity index (χ4n) is 0.796. The molecule has 0 saturated carbocycles. The molecular formula is C10H14N2O3. The van der Waals surface area contributed by atoms with Gasteiger partial charge in [-0.3, -0.25) is 14.9 Å². The van der Waals surface area contributed by atoms with Crippen molar-refractivity contribution in [3.63, 3.8) is 0 Å². The molecule has 1 aromatic rings. The van der Waals surface area contributed by atoms with Gasteiger partial charge in [-0.2, -0.15) is 0 Å². The van der Waals surface area contributed by atoms with Gasteiger partial charge >= 0.3 is 0 Å². The zero-order chi connectivity index (χ0) is 11.7. The van der Waals surface area contributed by atoms with E-state index >= 15 is 0 Å². The summed E-state index contributed by atoms with van der Waals surface area (Å²) in [5.74, 6) is -0.211. The van der Waals surface area contributed by atoms with Crippen molar-refractivity contribution in [2.45, 2.75) is 19.8 Å². The minimum atomic E-state index is -0.417. The van der Waals surface area contributed by atoms with Crippen LogP contribution in [0, 0.1) is 10.1 Å². The number of carbonyl (C=O) groups excluding carboxylic acids is 1. The molecule has 0 aliphatic carbocycles. The average molecular weight is 210 g/mol. The number of nitrogens with zero attached hydrogens (tertiary/aromatic N) is 1. The number of hydrogen-bond donors (Lipinski definition) is 1. The smallest absolute Gasteiger partial charge is 0.269 e. The minimum absolute atomic E-state index is 0.137. The Hall–Kier alpha value is -1.91. The predicted molar refractivity (Wildman–Crippen MR) is 57.2 cm³/mol. The summed E-state index contributed by atoms with van der Waals surface area (Å²) < 4.78 is 0. The Labute approximate surface area is 88.1 Å². The number of nitrogens with two attached hydrogens (primary N) is 1. The summed E-state index contributed by atoms with van der Waals surface area (Å²) in [5, 5.41) is 10.0. The van der Waals surface area contributed by atoms with Gasteiger partial charge in [0.1, 0.15) is 0 Å². The van der Waals surface area contributed by atoms with Gasteiger partial charge in [-0.25, -0.2) is 0 Å². The SMILES string of the molecule is CCCC(N)=O.O=[N+]([O-])c1ccccc1. The molecule has 0 atom stereocenters. The molecule has 0 fully saturated rings. The lowest BCUT2D eigenvalue weighted by Gasteiger charge is -1.85. The van der Waals surface area contributed by atoms with Gasteiger partial charge in [0.25, 0.3) is 5.69 Å². The van der Waals surface area contributed by atoms with Crippen LogP contribution in [0.1, 0.15) is 19.8 Å². The van der Waals surface area contributed by atoms with Crippen LogP contribution < -0.4 is 5.73 Å². The molecule has 5 heteroatoms. The first-order valence-electron chi connectivity index (χ1n) is 4.55. The number of rotatable bonds is 3. The topological polar surface area (TPSA) is 86.2 Å². The molecule has 0 spiro atoms. The first-order valence-corrected chi connectivity index (χ1v) is 4.55. The maximum absolute atomic E-state index is 10.0. The third-order valence-corrected chi connectivity index (χ3v) is 1.46. The van der Waals surface area contributed by atoms with Crippen LogP contribution in [0.15, 0.2) is 30.3 Å². The number of para-hydroxylation sites is 1. The van der Waals surface area contributed by atoms with E-state index in [1.165, 1.54) is 12.1 Å². The summed E-state index contributed by atoms with van der Waals surface area (Å²) >= 11 is 0. The molecule has 1 rings (SSSR count). The summed E-state index contributed by atoms with van der Waals surface area (Å²) in [6, 6.07) is 7.93. The van der Waals surface area contributed by atoms with Gasteiger partial charge in [-0.1, -0.05) is 25.1 Å². The minimum Gasteiger partial charge on any atom is -0.370 e. The lowest BCUT2D eigenvalue weighted by atomic mass is 10.3. The molecular weight excluding hydrogens is 196 g/mol.